The van der Waals surface area contributed by atoms with Crippen LogP contribution < -0.4 is 10.6 Å². The number of piperazine rings is 1. The molecule has 3 rings (SSSR count). The van der Waals surface area contributed by atoms with Crippen molar-refractivity contribution in [2.75, 3.05) is 31.1 Å². The van der Waals surface area contributed by atoms with E-state index in [1.54, 1.807) is 0 Å². The number of nitrogens with two attached hydrogens (primary N) is 1. The Morgan fingerprint density at radius 1 is 1.15 bits per heavy atom. The molecule has 0 spiro atoms. The van der Waals surface area contributed by atoms with Crippen molar-refractivity contribution in [3.05, 3.63) is 29.3 Å². The van der Waals surface area contributed by atoms with Crippen LogP contribution in [-0.2, 0) is 4.79 Å². The Morgan fingerprint density at radius 3 is 2.40 bits per heavy atom. The summed E-state index contributed by atoms with van der Waals surface area (Å²) in [6.07, 6.45) is 1.70. The Morgan fingerprint density at radius 2 is 1.80 bits per heavy atom. The average Bonchev–Trinajstić information content (AvgIpc) is 3.21. The maximum Gasteiger partial charge on any atom is 0.242 e. The second-order valence-electron chi connectivity index (χ2n) is 6.15. The lowest BCUT2D eigenvalue weighted by Crippen LogP contribution is -2.54. The van der Waals surface area contributed by atoms with Gasteiger partial charge in [0, 0.05) is 31.9 Å². The SMILES string of the molecule is Cc1cccc(N2CCN(C(=O)C3(N)CC3)CC2)c1C. The number of hydrogen-bond donors (Lipinski definition) is 1. The largest absolute Gasteiger partial charge is 0.368 e. The van der Waals surface area contributed by atoms with Gasteiger partial charge in [-0.1, -0.05) is 12.1 Å². The van der Waals surface area contributed by atoms with Crippen molar-refractivity contribution in [2.24, 2.45) is 5.73 Å². The van der Waals surface area contributed by atoms with Gasteiger partial charge in [-0.2, -0.15) is 0 Å². The molecule has 4 heteroatoms. The minimum atomic E-state index is -0.526. The van der Waals surface area contributed by atoms with Gasteiger partial charge in [0.1, 0.15) is 0 Å². The van der Waals surface area contributed by atoms with Gasteiger partial charge in [0.15, 0.2) is 0 Å². The highest BCUT2D eigenvalue weighted by Gasteiger charge is 2.48. The third-order valence-corrected chi connectivity index (χ3v) is 4.70. The number of anilines is 1. The summed E-state index contributed by atoms with van der Waals surface area (Å²) < 4.78 is 0. The Bertz CT molecular complexity index is 529. The first-order valence-corrected chi connectivity index (χ1v) is 7.41. The first-order chi connectivity index (χ1) is 9.51. The lowest BCUT2D eigenvalue weighted by molar-refractivity contribution is -0.133. The molecule has 1 saturated heterocycles. The quantitative estimate of drug-likeness (QED) is 0.887. The molecule has 1 aromatic carbocycles. The zero-order valence-corrected chi connectivity index (χ0v) is 12.4. The molecule has 1 aromatic rings. The smallest absolute Gasteiger partial charge is 0.242 e. The van der Waals surface area contributed by atoms with Crippen molar-refractivity contribution in [3.63, 3.8) is 0 Å². The summed E-state index contributed by atoms with van der Waals surface area (Å²) in [4.78, 5) is 16.5. The van der Waals surface area contributed by atoms with E-state index in [0.29, 0.717) is 0 Å². The second-order valence-corrected chi connectivity index (χ2v) is 6.15. The molecule has 0 bridgehead atoms. The Hall–Kier alpha value is -1.55. The van der Waals surface area contributed by atoms with E-state index in [9.17, 15) is 4.79 Å². The second kappa shape index (κ2) is 4.77. The summed E-state index contributed by atoms with van der Waals surface area (Å²) in [6.45, 7) is 7.67. The number of hydrogen-bond acceptors (Lipinski definition) is 3. The van der Waals surface area contributed by atoms with Crippen LogP contribution in [0.5, 0.6) is 0 Å². The molecule has 108 valence electrons. The summed E-state index contributed by atoms with van der Waals surface area (Å²) in [5.74, 6) is 0.151. The molecule has 1 heterocycles. The Kier molecular flexibility index (Phi) is 3.21. The van der Waals surface area contributed by atoms with Crippen LogP contribution in [0.25, 0.3) is 0 Å². The normalized spacial score (nSPS) is 20.9. The third kappa shape index (κ3) is 2.29. The number of rotatable bonds is 2. The van der Waals surface area contributed by atoms with E-state index >= 15 is 0 Å². The molecule has 1 saturated carbocycles. The van der Waals surface area contributed by atoms with Crippen LogP contribution in [0.2, 0.25) is 0 Å². The van der Waals surface area contributed by atoms with Gasteiger partial charge >= 0.3 is 0 Å². The maximum atomic E-state index is 12.2. The molecule has 0 unspecified atom stereocenters. The molecule has 0 atom stereocenters. The van der Waals surface area contributed by atoms with Gasteiger partial charge in [0.05, 0.1) is 5.54 Å². The van der Waals surface area contributed by atoms with Gasteiger partial charge in [0.2, 0.25) is 5.91 Å². The fraction of sp³-hybridized carbons (Fsp3) is 0.562. The van der Waals surface area contributed by atoms with Gasteiger partial charge in [-0.3, -0.25) is 4.79 Å². The van der Waals surface area contributed by atoms with Crippen LogP contribution in [0.4, 0.5) is 5.69 Å². The van der Waals surface area contributed by atoms with Crippen LogP contribution in [0, 0.1) is 13.8 Å². The van der Waals surface area contributed by atoms with Gasteiger partial charge in [0.25, 0.3) is 0 Å². The molecule has 2 aliphatic rings. The molecule has 4 nitrogen and oxygen atoms in total. The number of aryl methyl sites for hydroxylation is 1. The first-order valence-electron chi connectivity index (χ1n) is 7.41. The van der Waals surface area contributed by atoms with Gasteiger partial charge < -0.3 is 15.5 Å². The molecule has 20 heavy (non-hydrogen) atoms. The van der Waals surface area contributed by atoms with E-state index in [1.165, 1.54) is 16.8 Å². The van der Waals surface area contributed by atoms with Crippen LogP contribution in [0.3, 0.4) is 0 Å². The molecule has 2 fully saturated rings. The standard InChI is InChI=1S/C16H23N3O/c1-12-4-3-5-14(13(12)2)18-8-10-19(11-9-18)15(20)16(17)6-7-16/h3-5H,6-11,17H2,1-2H3. The fourth-order valence-electron chi connectivity index (χ4n) is 2.89. The number of amides is 1. The number of benzene rings is 1. The highest BCUT2D eigenvalue weighted by Crippen LogP contribution is 2.34. The fourth-order valence-corrected chi connectivity index (χ4v) is 2.89. The van der Waals surface area contributed by atoms with E-state index in [4.69, 9.17) is 5.73 Å². The van der Waals surface area contributed by atoms with Crippen molar-refractivity contribution in [2.45, 2.75) is 32.2 Å². The molecular formula is C16H23N3O. The van der Waals surface area contributed by atoms with E-state index < -0.39 is 5.54 Å². The summed E-state index contributed by atoms with van der Waals surface area (Å²) in [7, 11) is 0. The molecule has 2 N–H and O–H groups in total. The van der Waals surface area contributed by atoms with Crippen LogP contribution in [0.1, 0.15) is 24.0 Å². The lowest BCUT2D eigenvalue weighted by atomic mass is 10.1. The minimum absolute atomic E-state index is 0.151. The highest BCUT2D eigenvalue weighted by atomic mass is 16.2. The van der Waals surface area contributed by atoms with E-state index in [0.717, 1.165) is 39.0 Å². The van der Waals surface area contributed by atoms with Crippen LogP contribution in [-0.4, -0.2) is 42.5 Å². The molecule has 1 amide bonds. The summed E-state index contributed by atoms with van der Waals surface area (Å²) in [5.41, 5.74) is 9.43. The predicted molar refractivity (Wildman–Crippen MR) is 80.9 cm³/mol. The molecule has 1 aliphatic carbocycles. The maximum absolute atomic E-state index is 12.2. The molecule has 0 radical (unpaired) electrons. The minimum Gasteiger partial charge on any atom is -0.368 e. The van der Waals surface area contributed by atoms with Gasteiger partial charge in [-0.05, 0) is 43.9 Å². The summed E-state index contributed by atoms with van der Waals surface area (Å²) in [5, 5.41) is 0. The van der Waals surface area contributed by atoms with Gasteiger partial charge in [-0.15, -0.1) is 0 Å². The van der Waals surface area contributed by atoms with E-state index in [-0.39, 0.29) is 5.91 Å². The number of carbonyl (C=O) groups excluding carboxylic acids is 1. The zero-order chi connectivity index (χ0) is 14.3. The molecule has 0 aromatic heterocycles. The van der Waals surface area contributed by atoms with Crippen molar-refractivity contribution < 1.29 is 4.79 Å². The molecular weight excluding hydrogens is 250 g/mol. The van der Waals surface area contributed by atoms with Crippen molar-refractivity contribution >= 4 is 11.6 Å². The zero-order valence-electron chi connectivity index (χ0n) is 12.4. The topological polar surface area (TPSA) is 49.6 Å². The molecule has 1 aliphatic heterocycles. The Balaban J connectivity index is 1.66. The highest BCUT2D eigenvalue weighted by molar-refractivity contribution is 5.89. The van der Waals surface area contributed by atoms with Gasteiger partial charge in [-0.25, -0.2) is 0 Å². The monoisotopic (exact) mass is 273 g/mol. The van der Waals surface area contributed by atoms with Crippen molar-refractivity contribution in [1.82, 2.24) is 4.90 Å². The van der Waals surface area contributed by atoms with Crippen LogP contribution >= 0.6 is 0 Å². The van der Waals surface area contributed by atoms with Crippen molar-refractivity contribution in [1.29, 1.82) is 0 Å². The number of carbonyl (C=O) groups is 1. The van der Waals surface area contributed by atoms with E-state index in [1.807, 2.05) is 4.90 Å². The number of nitrogens with zero attached hydrogens (tertiary/aromatic N) is 2. The summed E-state index contributed by atoms with van der Waals surface area (Å²) >= 11 is 0. The Labute approximate surface area is 120 Å². The predicted octanol–water partition coefficient (Wildman–Crippen LogP) is 1.44. The lowest BCUT2D eigenvalue weighted by Gasteiger charge is -2.38. The summed E-state index contributed by atoms with van der Waals surface area (Å²) in [6, 6.07) is 6.42. The third-order valence-electron chi connectivity index (χ3n) is 4.70. The average molecular weight is 273 g/mol. The first kappa shape index (κ1) is 13.4. The van der Waals surface area contributed by atoms with Crippen molar-refractivity contribution in [3.8, 4) is 0 Å². The van der Waals surface area contributed by atoms with Crippen LogP contribution in [0.15, 0.2) is 18.2 Å². The van der Waals surface area contributed by atoms with E-state index in [2.05, 4.69) is 36.9 Å².